The number of carbonyl (C=O) groups excluding carboxylic acids is 1. The second-order valence-electron chi connectivity index (χ2n) is 7.71. The van der Waals surface area contributed by atoms with Crippen LogP contribution in [0.4, 0.5) is 13.2 Å². The fourth-order valence-electron chi connectivity index (χ4n) is 3.59. The van der Waals surface area contributed by atoms with Crippen LogP contribution in [0.15, 0.2) is 41.3 Å². The number of pyridine rings is 1. The number of hydrogen-bond acceptors (Lipinski definition) is 7. The zero-order valence-electron chi connectivity index (χ0n) is 17.2. The topological polar surface area (TPSA) is 110 Å². The first-order valence-corrected chi connectivity index (χ1v) is 9.35. The summed E-state index contributed by atoms with van der Waals surface area (Å²) >= 11 is 0. The van der Waals surface area contributed by atoms with Crippen molar-refractivity contribution in [2.24, 2.45) is 0 Å². The molecule has 1 aliphatic rings. The Bertz CT molecular complexity index is 1110. The fraction of sp³-hybridized carbons (Fsp3) is 0.400. The molecule has 1 aromatic carbocycles. The molecule has 0 radical (unpaired) electrons. The van der Waals surface area contributed by atoms with E-state index in [-0.39, 0.29) is 16.9 Å². The van der Waals surface area contributed by atoms with Crippen molar-refractivity contribution in [3.05, 3.63) is 73.7 Å². The van der Waals surface area contributed by atoms with Crippen LogP contribution in [0.3, 0.4) is 0 Å². The predicted octanol–water partition coefficient (Wildman–Crippen LogP) is 3.27. The van der Waals surface area contributed by atoms with Crippen molar-refractivity contribution in [1.29, 1.82) is 0 Å². The standard InChI is InChI=1S/C20H19F3N2O7/c1-11(26)31-18-17(24-7-6-12(8-16(24)27)10-30-25(28)29)14-9-13(20(21,22)23)4-5-15(14)32-19(18,2)3/h4-9,17-18H,10H2,1-3H3. The largest absolute Gasteiger partial charge is 0.484 e. The second-order valence-corrected chi connectivity index (χ2v) is 7.71. The minimum absolute atomic E-state index is 0.00166. The number of halogens is 3. The molecule has 2 aromatic rings. The Labute approximate surface area is 179 Å². The van der Waals surface area contributed by atoms with Gasteiger partial charge in [0, 0.05) is 24.8 Å². The van der Waals surface area contributed by atoms with E-state index in [0.29, 0.717) is 0 Å². The van der Waals surface area contributed by atoms with E-state index in [4.69, 9.17) is 9.47 Å². The molecule has 3 rings (SSSR count). The normalized spacial score (nSPS) is 19.4. The second kappa shape index (κ2) is 8.17. The molecule has 2 heterocycles. The van der Waals surface area contributed by atoms with E-state index >= 15 is 0 Å². The highest BCUT2D eigenvalue weighted by molar-refractivity contribution is 5.66. The molecule has 0 amide bonds. The smallest absolute Gasteiger partial charge is 0.416 e. The van der Waals surface area contributed by atoms with Gasteiger partial charge in [-0.15, -0.1) is 10.1 Å². The van der Waals surface area contributed by atoms with Gasteiger partial charge < -0.3 is 18.9 Å². The first kappa shape index (κ1) is 23.1. The molecule has 32 heavy (non-hydrogen) atoms. The van der Waals surface area contributed by atoms with Crippen molar-refractivity contribution in [3.8, 4) is 5.75 Å². The summed E-state index contributed by atoms with van der Waals surface area (Å²) in [5.41, 5.74) is -2.66. The summed E-state index contributed by atoms with van der Waals surface area (Å²) < 4.78 is 52.4. The van der Waals surface area contributed by atoms with Crippen LogP contribution in [0, 0.1) is 10.1 Å². The number of ether oxygens (including phenoxy) is 2. The Morgan fingerprint density at radius 3 is 2.53 bits per heavy atom. The maximum absolute atomic E-state index is 13.4. The summed E-state index contributed by atoms with van der Waals surface area (Å²) in [7, 11) is 0. The molecule has 0 aliphatic carbocycles. The molecule has 0 N–H and O–H groups in total. The number of esters is 1. The SMILES string of the molecule is CC(=O)OC1C(n2ccc(CO[N+](=O)[O-])cc2=O)c2cc(C(F)(F)F)ccc2OC1(C)C. The van der Waals surface area contributed by atoms with Gasteiger partial charge >= 0.3 is 12.1 Å². The maximum atomic E-state index is 13.4. The van der Waals surface area contributed by atoms with E-state index in [1.165, 1.54) is 12.3 Å². The van der Waals surface area contributed by atoms with E-state index in [9.17, 15) is 32.9 Å². The van der Waals surface area contributed by atoms with Gasteiger partial charge in [-0.1, -0.05) is 0 Å². The van der Waals surface area contributed by atoms with Crippen LogP contribution in [0.1, 0.15) is 43.5 Å². The maximum Gasteiger partial charge on any atom is 0.416 e. The quantitative estimate of drug-likeness (QED) is 0.386. The number of rotatable bonds is 5. The lowest BCUT2D eigenvalue weighted by molar-refractivity contribution is -0.763. The van der Waals surface area contributed by atoms with Crippen LogP contribution in [-0.4, -0.2) is 27.3 Å². The molecule has 1 aromatic heterocycles. The third-order valence-corrected chi connectivity index (χ3v) is 4.94. The molecule has 2 unspecified atom stereocenters. The summed E-state index contributed by atoms with van der Waals surface area (Å²) in [4.78, 5) is 39.3. The van der Waals surface area contributed by atoms with Gasteiger partial charge in [0.1, 0.15) is 24.0 Å². The lowest BCUT2D eigenvalue weighted by Gasteiger charge is -2.44. The van der Waals surface area contributed by atoms with Crippen molar-refractivity contribution in [2.45, 2.75) is 51.3 Å². The van der Waals surface area contributed by atoms with Crippen molar-refractivity contribution in [1.82, 2.24) is 4.57 Å². The van der Waals surface area contributed by atoms with Crippen LogP contribution in [0.25, 0.3) is 0 Å². The molecule has 2 atom stereocenters. The molecule has 172 valence electrons. The molecule has 9 nitrogen and oxygen atoms in total. The lowest BCUT2D eigenvalue weighted by Crippen LogP contribution is -2.54. The highest BCUT2D eigenvalue weighted by Crippen LogP contribution is 2.45. The van der Waals surface area contributed by atoms with Gasteiger partial charge in [0.2, 0.25) is 0 Å². The average Bonchev–Trinajstić information content (AvgIpc) is 2.66. The summed E-state index contributed by atoms with van der Waals surface area (Å²) in [6.07, 6.45) is -4.55. The van der Waals surface area contributed by atoms with Crippen LogP contribution in [0.2, 0.25) is 0 Å². The van der Waals surface area contributed by atoms with E-state index < -0.39 is 52.7 Å². The number of hydrogen-bond donors (Lipinski definition) is 0. The van der Waals surface area contributed by atoms with Crippen molar-refractivity contribution >= 4 is 5.97 Å². The third kappa shape index (κ3) is 4.68. The Kier molecular flexibility index (Phi) is 5.90. The molecule has 0 bridgehead atoms. The summed E-state index contributed by atoms with van der Waals surface area (Å²) in [5.74, 6) is -0.611. The van der Waals surface area contributed by atoms with Gasteiger partial charge in [0.15, 0.2) is 6.10 Å². The molecular weight excluding hydrogens is 437 g/mol. The van der Waals surface area contributed by atoms with Gasteiger partial charge in [-0.25, -0.2) is 0 Å². The van der Waals surface area contributed by atoms with Gasteiger partial charge in [0.05, 0.1) is 5.56 Å². The molecule has 1 aliphatic heterocycles. The monoisotopic (exact) mass is 456 g/mol. The average molecular weight is 456 g/mol. The molecule has 0 saturated heterocycles. The molecule has 0 saturated carbocycles. The number of nitrogens with zero attached hydrogens (tertiary/aromatic N) is 2. The Morgan fingerprint density at radius 2 is 1.97 bits per heavy atom. The number of alkyl halides is 3. The fourth-order valence-corrected chi connectivity index (χ4v) is 3.59. The van der Waals surface area contributed by atoms with Crippen LogP contribution in [0.5, 0.6) is 5.75 Å². The Morgan fingerprint density at radius 1 is 1.28 bits per heavy atom. The van der Waals surface area contributed by atoms with E-state index in [1.54, 1.807) is 13.8 Å². The van der Waals surface area contributed by atoms with Gasteiger partial charge in [-0.05, 0) is 43.7 Å². The zero-order valence-corrected chi connectivity index (χ0v) is 17.2. The van der Waals surface area contributed by atoms with E-state index in [1.807, 2.05) is 0 Å². The predicted molar refractivity (Wildman–Crippen MR) is 102 cm³/mol. The van der Waals surface area contributed by atoms with Crippen LogP contribution >= 0.6 is 0 Å². The zero-order chi connectivity index (χ0) is 23.8. The summed E-state index contributed by atoms with van der Waals surface area (Å²) in [6.45, 7) is 3.82. The van der Waals surface area contributed by atoms with Gasteiger partial charge in [-0.3, -0.25) is 9.59 Å². The van der Waals surface area contributed by atoms with Crippen molar-refractivity contribution in [2.75, 3.05) is 0 Å². The van der Waals surface area contributed by atoms with Crippen molar-refractivity contribution < 1.29 is 37.4 Å². The van der Waals surface area contributed by atoms with E-state index in [0.717, 1.165) is 35.8 Å². The number of carbonyl (C=O) groups is 1. The number of fused-ring (bicyclic) bond motifs is 1. The van der Waals surface area contributed by atoms with Crippen LogP contribution in [-0.2, 0) is 27.2 Å². The minimum Gasteiger partial charge on any atom is -0.484 e. The van der Waals surface area contributed by atoms with E-state index in [2.05, 4.69) is 4.84 Å². The minimum atomic E-state index is -4.65. The number of aromatic nitrogens is 1. The molecule has 12 heteroatoms. The first-order valence-electron chi connectivity index (χ1n) is 9.35. The van der Waals surface area contributed by atoms with Crippen LogP contribution < -0.4 is 10.3 Å². The third-order valence-electron chi connectivity index (χ3n) is 4.94. The Hall–Kier alpha value is -3.57. The molecule has 0 spiro atoms. The number of benzene rings is 1. The van der Waals surface area contributed by atoms with Crippen molar-refractivity contribution in [3.63, 3.8) is 0 Å². The lowest BCUT2D eigenvalue weighted by atomic mass is 9.85. The molecule has 0 fully saturated rings. The van der Waals surface area contributed by atoms with Gasteiger partial charge in [0.25, 0.3) is 10.6 Å². The summed E-state index contributed by atoms with van der Waals surface area (Å²) in [6, 6.07) is 4.12. The highest BCUT2D eigenvalue weighted by atomic mass is 19.4. The first-order chi connectivity index (χ1) is 14.8. The Balaban J connectivity index is 2.18. The summed E-state index contributed by atoms with van der Waals surface area (Å²) in [5, 5.41) is 9.37. The van der Waals surface area contributed by atoms with Gasteiger partial charge in [-0.2, -0.15) is 13.2 Å². The molecular formula is C20H19F3N2O7. The highest BCUT2D eigenvalue weighted by Gasteiger charge is 2.48.